The van der Waals surface area contributed by atoms with Crippen LogP contribution in [0.1, 0.15) is 12.8 Å². The van der Waals surface area contributed by atoms with Crippen molar-refractivity contribution >= 4 is 11.9 Å². The van der Waals surface area contributed by atoms with Crippen LogP contribution in [-0.4, -0.2) is 47.2 Å². The molecule has 1 N–H and O–H groups in total. The van der Waals surface area contributed by atoms with Crippen molar-refractivity contribution < 1.29 is 19.4 Å². The van der Waals surface area contributed by atoms with Crippen molar-refractivity contribution in [3.8, 4) is 0 Å². The number of rotatable bonds is 3. The average molecular weight is 185 g/mol. The molecule has 13 heavy (non-hydrogen) atoms. The quantitative estimate of drug-likeness (QED) is 0.641. The molecular formula is C8H11NO4. The smallest absolute Gasteiger partial charge is 0.305 e. The zero-order valence-corrected chi connectivity index (χ0v) is 7.10. The highest BCUT2D eigenvalue weighted by molar-refractivity contribution is 5.83. The SMILES string of the molecule is O=C(O)CCN1CC2CC(O2)C1=O. The van der Waals surface area contributed by atoms with E-state index in [0.717, 1.165) is 6.42 Å². The number of amides is 1. The highest BCUT2D eigenvalue weighted by Gasteiger charge is 2.44. The third kappa shape index (κ3) is 1.51. The van der Waals surface area contributed by atoms with Gasteiger partial charge in [-0.25, -0.2) is 0 Å². The van der Waals surface area contributed by atoms with Crippen LogP contribution in [0.2, 0.25) is 0 Å². The molecule has 3 fully saturated rings. The molecule has 3 aliphatic rings. The largest absolute Gasteiger partial charge is 0.481 e. The van der Waals surface area contributed by atoms with Gasteiger partial charge in [0.05, 0.1) is 12.5 Å². The van der Waals surface area contributed by atoms with Crippen molar-refractivity contribution in [1.29, 1.82) is 0 Å². The van der Waals surface area contributed by atoms with E-state index in [2.05, 4.69) is 0 Å². The Bertz CT molecular complexity index is 247. The molecule has 0 aromatic heterocycles. The first-order valence-electron chi connectivity index (χ1n) is 4.33. The first kappa shape index (κ1) is 8.50. The molecule has 3 aliphatic heterocycles. The van der Waals surface area contributed by atoms with Gasteiger partial charge in [-0.3, -0.25) is 9.59 Å². The summed E-state index contributed by atoms with van der Waals surface area (Å²) in [6.45, 7) is 0.868. The van der Waals surface area contributed by atoms with Crippen LogP contribution in [0.3, 0.4) is 0 Å². The number of piperidine rings is 1. The molecule has 2 unspecified atom stereocenters. The zero-order valence-electron chi connectivity index (χ0n) is 7.10. The number of carbonyl (C=O) groups is 2. The summed E-state index contributed by atoms with van der Waals surface area (Å²) in [5.74, 6) is -0.920. The van der Waals surface area contributed by atoms with E-state index in [1.165, 1.54) is 0 Å². The van der Waals surface area contributed by atoms with Crippen LogP contribution in [0.5, 0.6) is 0 Å². The Kier molecular flexibility index (Phi) is 1.95. The number of hydrogen-bond donors (Lipinski definition) is 1. The molecule has 72 valence electrons. The predicted molar refractivity (Wildman–Crippen MR) is 42.1 cm³/mol. The summed E-state index contributed by atoms with van der Waals surface area (Å²) in [7, 11) is 0. The summed E-state index contributed by atoms with van der Waals surface area (Å²) in [5, 5.41) is 8.44. The van der Waals surface area contributed by atoms with Crippen molar-refractivity contribution in [2.24, 2.45) is 0 Å². The fourth-order valence-electron chi connectivity index (χ4n) is 1.71. The summed E-state index contributed by atoms with van der Waals surface area (Å²) in [6, 6.07) is 0. The standard InChI is InChI=1S/C8H11NO4/c10-7(11)1-2-9-4-5-3-6(13-5)8(9)12/h5-6H,1-4H2,(H,10,11). The molecule has 5 heteroatoms. The van der Waals surface area contributed by atoms with Gasteiger partial charge in [0.1, 0.15) is 6.10 Å². The molecule has 0 aliphatic carbocycles. The number of nitrogens with zero attached hydrogens (tertiary/aromatic N) is 1. The number of ether oxygens (including phenoxy) is 1. The van der Waals surface area contributed by atoms with E-state index in [1.54, 1.807) is 4.90 Å². The first-order valence-corrected chi connectivity index (χ1v) is 4.33. The molecule has 5 nitrogen and oxygen atoms in total. The molecule has 1 amide bonds. The normalized spacial score (nSPS) is 31.4. The molecule has 2 bridgehead atoms. The van der Waals surface area contributed by atoms with Gasteiger partial charge in [0, 0.05) is 19.5 Å². The lowest BCUT2D eigenvalue weighted by atomic mass is 9.98. The first-order chi connectivity index (χ1) is 6.16. The Labute approximate surface area is 75.3 Å². The van der Waals surface area contributed by atoms with Crippen molar-refractivity contribution in [2.45, 2.75) is 25.0 Å². The van der Waals surface area contributed by atoms with Gasteiger partial charge in [0.25, 0.3) is 5.91 Å². The third-order valence-corrected chi connectivity index (χ3v) is 2.44. The Morgan fingerprint density at radius 1 is 1.69 bits per heavy atom. The molecule has 2 atom stereocenters. The number of fused-ring (bicyclic) bond motifs is 2. The predicted octanol–water partition coefficient (Wildman–Crippen LogP) is -0.539. The molecule has 0 aromatic carbocycles. The van der Waals surface area contributed by atoms with Crippen LogP contribution in [0, 0.1) is 0 Å². The second-order valence-electron chi connectivity index (χ2n) is 3.41. The third-order valence-electron chi connectivity index (χ3n) is 2.44. The van der Waals surface area contributed by atoms with Gasteiger partial charge in [0.2, 0.25) is 0 Å². The molecule has 0 aromatic rings. The highest BCUT2D eigenvalue weighted by atomic mass is 16.5. The molecule has 3 heterocycles. The van der Waals surface area contributed by atoms with Gasteiger partial charge in [-0.2, -0.15) is 0 Å². The van der Waals surface area contributed by atoms with Crippen molar-refractivity contribution in [1.82, 2.24) is 4.90 Å². The molecule has 0 radical (unpaired) electrons. The average Bonchev–Trinajstić information content (AvgIpc) is 2.00. The maximum absolute atomic E-state index is 11.4. The van der Waals surface area contributed by atoms with Crippen LogP contribution in [-0.2, 0) is 14.3 Å². The van der Waals surface area contributed by atoms with Crippen molar-refractivity contribution in [3.63, 3.8) is 0 Å². The highest BCUT2D eigenvalue weighted by Crippen LogP contribution is 2.28. The van der Waals surface area contributed by atoms with E-state index in [0.29, 0.717) is 13.1 Å². The van der Waals surface area contributed by atoms with Crippen LogP contribution >= 0.6 is 0 Å². The van der Waals surface area contributed by atoms with Crippen LogP contribution < -0.4 is 0 Å². The van der Waals surface area contributed by atoms with Crippen LogP contribution in [0.25, 0.3) is 0 Å². The number of carboxylic acid groups (broad SMARTS) is 1. The lowest BCUT2D eigenvalue weighted by Gasteiger charge is -2.45. The number of morpholine rings is 1. The lowest BCUT2D eigenvalue weighted by Crippen LogP contribution is -2.61. The second kappa shape index (κ2) is 2.99. The van der Waals surface area contributed by atoms with Gasteiger partial charge < -0.3 is 14.7 Å². The van der Waals surface area contributed by atoms with E-state index in [1.807, 2.05) is 0 Å². The van der Waals surface area contributed by atoms with E-state index in [4.69, 9.17) is 9.84 Å². The fraction of sp³-hybridized carbons (Fsp3) is 0.750. The number of carbonyl (C=O) groups excluding carboxylic acids is 1. The summed E-state index contributed by atoms with van der Waals surface area (Å²) in [5.41, 5.74) is 0. The Morgan fingerprint density at radius 2 is 2.38 bits per heavy atom. The van der Waals surface area contributed by atoms with Gasteiger partial charge in [0.15, 0.2) is 0 Å². The maximum Gasteiger partial charge on any atom is 0.305 e. The van der Waals surface area contributed by atoms with E-state index < -0.39 is 5.97 Å². The van der Waals surface area contributed by atoms with Gasteiger partial charge >= 0.3 is 5.97 Å². The molecular weight excluding hydrogens is 174 g/mol. The number of carboxylic acids is 1. The van der Waals surface area contributed by atoms with Crippen LogP contribution in [0.15, 0.2) is 0 Å². The lowest BCUT2D eigenvalue weighted by molar-refractivity contribution is -0.198. The summed E-state index contributed by atoms with van der Waals surface area (Å²) >= 11 is 0. The van der Waals surface area contributed by atoms with E-state index in [9.17, 15) is 9.59 Å². The minimum atomic E-state index is -0.868. The Morgan fingerprint density at radius 3 is 2.92 bits per heavy atom. The minimum Gasteiger partial charge on any atom is -0.481 e. The summed E-state index contributed by atoms with van der Waals surface area (Å²) < 4.78 is 5.19. The maximum atomic E-state index is 11.4. The molecule has 3 rings (SSSR count). The van der Waals surface area contributed by atoms with Gasteiger partial charge in [-0.15, -0.1) is 0 Å². The van der Waals surface area contributed by atoms with E-state index in [-0.39, 0.29) is 24.5 Å². The van der Waals surface area contributed by atoms with Gasteiger partial charge in [-0.05, 0) is 0 Å². The Balaban J connectivity index is 1.86. The molecule has 0 saturated carbocycles. The Hall–Kier alpha value is -1.10. The summed E-state index contributed by atoms with van der Waals surface area (Å²) in [6.07, 6.45) is 0.692. The molecule has 3 saturated heterocycles. The van der Waals surface area contributed by atoms with Crippen LogP contribution in [0.4, 0.5) is 0 Å². The van der Waals surface area contributed by atoms with Crippen molar-refractivity contribution in [3.05, 3.63) is 0 Å². The number of aliphatic carboxylic acids is 1. The second-order valence-corrected chi connectivity index (χ2v) is 3.41. The molecule has 0 spiro atoms. The zero-order chi connectivity index (χ0) is 9.42. The van der Waals surface area contributed by atoms with E-state index >= 15 is 0 Å². The fourth-order valence-corrected chi connectivity index (χ4v) is 1.71. The van der Waals surface area contributed by atoms with Crippen molar-refractivity contribution in [2.75, 3.05) is 13.1 Å². The summed E-state index contributed by atoms with van der Waals surface area (Å²) in [4.78, 5) is 23.2. The van der Waals surface area contributed by atoms with Gasteiger partial charge in [-0.1, -0.05) is 0 Å². The number of hydrogen-bond acceptors (Lipinski definition) is 3. The monoisotopic (exact) mass is 185 g/mol. The minimum absolute atomic E-state index is 0.0190. The topological polar surface area (TPSA) is 66.8 Å².